The Labute approximate surface area is 142 Å². The molecule has 3 rings (SSSR count). The minimum absolute atomic E-state index is 0.0418. The SMILES string of the molecule is Cc1ccc(NC(=O)COc2cccc3c2CCC[C@@H]3O)c(C)c1. The predicted octanol–water partition coefficient (Wildman–Crippen LogP) is 3.69. The number of hydrogen-bond donors (Lipinski definition) is 2. The summed E-state index contributed by atoms with van der Waals surface area (Å²) < 4.78 is 5.73. The van der Waals surface area contributed by atoms with Gasteiger partial charge in [-0.15, -0.1) is 0 Å². The van der Waals surface area contributed by atoms with Crippen LogP contribution in [0.1, 0.15) is 41.2 Å². The van der Waals surface area contributed by atoms with E-state index >= 15 is 0 Å². The molecular weight excluding hydrogens is 302 g/mol. The standard InChI is InChI=1S/C20H23NO3/c1-13-9-10-17(14(2)11-13)21-20(23)12-24-19-8-4-5-15-16(19)6-3-7-18(15)22/h4-5,8-11,18,22H,3,6-7,12H2,1-2H3,(H,21,23)/t18-/m0/s1. The van der Waals surface area contributed by atoms with Crippen LogP contribution in [-0.4, -0.2) is 17.6 Å². The molecule has 0 saturated heterocycles. The number of amides is 1. The molecule has 24 heavy (non-hydrogen) atoms. The van der Waals surface area contributed by atoms with Crippen LogP contribution in [0.25, 0.3) is 0 Å². The van der Waals surface area contributed by atoms with Crippen LogP contribution in [0.3, 0.4) is 0 Å². The summed E-state index contributed by atoms with van der Waals surface area (Å²) in [5.74, 6) is 0.512. The van der Waals surface area contributed by atoms with Crippen molar-refractivity contribution in [2.45, 2.75) is 39.2 Å². The lowest BCUT2D eigenvalue weighted by molar-refractivity contribution is -0.118. The van der Waals surface area contributed by atoms with Gasteiger partial charge in [-0.3, -0.25) is 4.79 Å². The Morgan fingerprint density at radius 1 is 1.29 bits per heavy atom. The molecule has 0 fully saturated rings. The molecule has 0 unspecified atom stereocenters. The fourth-order valence-electron chi connectivity index (χ4n) is 3.21. The molecule has 0 spiro atoms. The van der Waals surface area contributed by atoms with Crippen molar-refractivity contribution in [3.8, 4) is 5.75 Å². The van der Waals surface area contributed by atoms with Crippen molar-refractivity contribution in [3.63, 3.8) is 0 Å². The molecule has 1 aliphatic carbocycles. The minimum Gasteiger partial charge on any atom is -0.483 e. The van der Waals surface area contributed by atoms with E-state index in [2.05, 4.69) is 5.32 Å². The number of ether oxygens (including phenoxy) is 1. The van der Waals surface area contributed by atoms with E-state index in [4.69, 9.17) is 4.74 Å². The van der Waals surface area contributed by atoms with E-state index in [9.17, 15) is 9.90 Å². The van der Waals surface area contributed by atoms with E-state index in [1.165, 1.54) is 0 Å². The van der Waals surface area contributed by atoms with Crippen LogP contribution < -0.4 is 10.1 Å². The van der Waals surface area contributed by atoms with Gasteiger partial charge in [0, 0.05) is 5.69 Å². The van der Waals surface area contributed by atoms with Crippen LogP contribution in [0, 0.1) is 13.8 Å². The van der Waals surface area contributed by atoms with Gasteiger partial charge in [-0.25, -0.2) is 0 Å². The Morgan fingerprint density at radius 2 is 2.12 bits per heavy atom. The van der Waals surface area contributed by atoms with Gasteiger partial charge in [-0.2, -0.15) is 0 Å². The molecule has 0 radical (unpaired) electrons. The van der Waals surface area contributed by atoms with E-state index in [1.54, 1.807) is 0 Å². The summed E-state index contributed by atoms with van der Waals surface area (Å²) in [6.45, 7) is 3.95. The van der Waals surface area contributed by atoms with Crippen molar-refractivity contribution in [2.75, 3.05) is 11.9 Å². The molecule has 0 aliphatic heterocycles. The summed E-state index contributed by atoms with van der Waals surface area (Å²) >= 11 is 0. The molecule has 0 heterocycles. The largest absolute Gasteiger partial charge is 0.483 e. The highest BCUT2D eigenvalue weighted by Crippen LogP contribution is 2.35. The predicted molar refractivity (Wildman–Crippen MR) is 94.4 cm³/mol. The number of aliphatic hydroxyl groups excluding tert-OH is 1. The van der Waals surface area contributed by atoms with Crippen molar-refractivity contribution in [1.82, 2.24) is 0 Å². The molecule has 2 N–H and O–H groups in total. The maximum atomic E-state index is 12.2. The molecule has 1 atom stereocenters. The highest BCUT2D eigenvalue weighted by molar-refractivity contribution is 5.92. The molecule has 4 nitrogen and oxygen atoms in total. The van der Waals surface area contributed by atoms with Gasteiger partial charge >= 0.3 is 0 Å². The summed E-state index contributed by atoms with van der Waals surface area (Å²) in [6.07, 6.45) is 2.16. The number of fused-ring (bicyclic) bond motifs is 1. The number of rotatable bonds is 4. The Morgan fingerprint density at radius 3 is 2.92 bits per heavy atom. The first-order valence-electron chi connectivity index (χ1n) is 8.34. The second-order valence-electron chi connectivity index (χ2n) is 6.39. The average Bonchev–Trinajstić information content (AvgIpc) is 2.56. The van der Waals surface area contributed by atoms with Crippen LogP contribution in [0.15, 0.2) is 36.4 Å². The van der Waals surface area contributed by atoms with Gasteiger partial charge in [-0.05, 0) is 61.9 Å². The van der Waals surface area contributed by atoms with Crippen LogP contribution in [0.4, 0.5) is 5.69 Å². The fourth-order valence-corrected chi connectivity index (χ4v) is 3.21. The molecule has 2 aromatic carbocycles. The topological polar surface area (TPSA) is 58.6 Å². The first kappa shape index (κ1) is 16.5. The third-order valence-corrected chi connectivity index (χ3v) is 4.45. The van der Waals surface area contributed by atoms with E-state index < -0.39 is 6.10 Å². The molecule has 126 valence electrons. The summed E-state index contributed by atoms with van der Waals surface area (Å²) in [5, 5.41) is 13.0. The van der Waals surface area contributed by atoms with Gasteiger partial charge in [0.15, 0.2) is 6.61 Å². The minimum atomic E-state index is -0.429. The van der Waals surface area contributed by atoms with Crippen molar-refractivity contribution < 1.29 is 14.6 Å². The molecule has 0 bridgehead atoms. The van der Waals surface area contributed by atoms with Crippen molar-refractivity contribution in [2.24, 2.45) is 0 Å². The molecular formula is C20H23NO3. The van der Waals surface area contributed by atoms with Crippen LogP contribution in [0.5, 0.6) is 5.75 Å². The second kappa shape index (κ2) is 7.05. The summed E-state index contributed by atoms with van der Waals surface area (Å²) in [7, 11) is 0. The Balaban J connectivity index is 1.66. The smallest absolute Gasteiger partial charge is 0.262 e. The molecule has 1 aliphatic rings. The van der Waals surface area contributed by atoms with Gasteiger partial charge < -0.3 is 15.2 Å². The zero-order chi connectivity index (χ0) is 17.1. The normalized spacial score (nSPS) is 16.4. The fraction of sp³-hybridized carbons (Fsp3) is 0.350. The lowest BCUT2D eigenvalue weighted by Crippen LogP contribution is -2.21. The number of aliphatic hydroxyl groups is 1. The number of hydrogen-bond acceptors (Lipinski definition) is 3. The Hall–Kier alpha value is -2.33. The molecule has 0 saturated carbocycles. The van der Waals surface area contributed by atoms with Crippen LogP contribution in [-0.2, 0) is 11.2 Å². The zero-order valence-corrected chi connectivity index (χ0v) is 14.1. The van der Waals surface area contributed by atoms with Crippen molar-refractivity contribution in [1.29, 1.82) is 0 Å². The average molecular weight is 325 g/mol. The Bertz CT molecular complexity index is 755. The Kier molecular flexibility index (Phi) is 4.86. The maximum Gasteiger partial charge on any atom is 0.262 e. The van der Waals surface area contributed by atoms with Gasteiger partial charge in [-0.1, -0.05) is 29.8 Å². The first-order chi connectivity index (χ1) is 11.5. The highest BCUT2D eigenvalue weighted by atomic mass is 16.5. The van der Waals surface area contributed by atoms with Gasteiger partial charge in [0.05, 0.1) is 6.10 Å². The first-order valence-corrected chi connectivity index (χ1v) is 8.34. The summed E-state index contributed by atoms with van der Waals surface area (Å²) in [4.78, 5) is 12.2. The highest BCUT2D eigenvalue weighted by Gasteiger charge is 2.21. The van der Waals surface area contributed by atoms with Crippen molar-refractivity contribution in [3.05, 3.63) is 58.7 Å². The summed E-state index contributed by atoms with van der Waals surface area (Å²) in [5.41, 5.74) is 4.95. The van der Waals surface area contributed by atoms with Gasteiger partial charge in [0.25, 0.3) is 5.91 Å². The lowest BCUT2D eigenvalue weighted by atomic mass is 9.89. The zero-order valence-electron chi connectivity index (χ0n) is 14.1. The summed E-state index contributed by atoms with van der Waals surface area (Å²) in [6, 6.07) is 11.6. The number of nitrogens with one attached hydrogen (secondary N) is 1. The van der Waals surface area contributed by atoms with Crippen molar-refractivity contribution >= 4 is 11.6 Å². The molecule has 1 amide bonds. The van der Waals surface area contributed by atoms with Crippen LogP contribution >= 0.6 is 0 Å². The van der Waals surface area contributed by atoms with Gasteiger partial charge in [0.2, 0.25) is 0 Å². The number of carbonyl (C=O) groups is 1. The number of aryl methyl sites for hydroxylation is 2. The third-order valence-electron chi connectivity index (χ3n) is 4.45. The van der Waals surface area contributed by atoms with Gasteiger partial charge in [0.1, 0.15) is 5.75 Å². The quantitative estimate of drug-likeness (QED) is 0.901. The second-order valence-corrected chi connectivity index (χ2v) is 6.39. The van der Waals surface area contributed by atoms with E-state index in [0.717, 1.165) is 47.2 Å². The van der Waals surface area contributed by atoms with E-state index in [0.29, 0.717) is 5.75 Å². The maximum absolute atomic E-state index is 12.2. The number of carbonyl (C=O) groups excluding carboxylic acids is 1. The monoisotopic (exact) mass is 325 g/mol. The van der Waals surface area contributed by atoms with Crippen LogP contribution in [0.2, 0.25) is 0 Å². The third kappa shape index (κ3) is 3.60. The number of anilines is 1. The lowest BCUT2D eigenvalue weighted by Gasteiger charge is -2.23. The van der Waals surface area contributed by atoms with E-state index in [1.807, 2.05) is 50.2 Å². The molecule has 0 aromatic heterocycles. The molecule has 4 heteroatoms. The number of benzene rings is 2. The van der Waals surface area contributed by atoms with E-state index in [-0.39, 0.29) is 12.5 Å². The molecule has 2 aromatic rings.